The molecule has 0 saturated carbocycles. The van der Waals surface area contributed by atoms with Crippen molar-refractivity contribution < 1.29 is 29.4 Å². The SMILES string of the molecule is C#CCN(c1ccc(C(=O)N[C@@H](CCC(=O)N[C@H](CCC(=O)O)c2nn[nH]n2)C(=O)O)cc1)[C@@H]1CCc2cc3nc(C)[nH]c(=O)c3cc21. The summed E-state index contributed by atoms with van der Waals surface area (Å²) in [5.41, 5.74) is 3.43. The van der Waals surface area contributed by atoms with Gasteiger partial charge in [0, 0.05) is 24.1 Å². The summed E-state index contributed by atoms with van der Waals surface area (Å²) >= 11 is 0. The predicted octanol–water partition coefficient (Wildman–Crippen LogP) is 1.56. The molecule has 0 fully saturated rings. The first-order valence-electron chi connectivity index (χ1n) is 15.2. The van der Waals surface area contributed by atoms with E-state index in [1.165, 1.54) is 0 Å². The van der Waals surface area contributed by atoms with Crippen LogP contribution in [-0.2, 0) is 20.8 Å². The van der Waals surface area contributed by atoms with Gasteiger partial charge in [-0.2, -0.15) is 5.21 Å². The van der Waals surface area contributed by atoms with Crippen molar-refractivity contribution in [1.82, 2.24) is 41.2 Å². The van der Waals surface area contributed by atoms with Crippen molar-refractivity contribution in [2.45, 2.75) is 63.6 Å². The quantitative estimate of drug-likeness (QED) is 0.106. The average Bonchev–Trinajstić information content (AvgIpc) is 3.73. The van der Waals surface area contributed by atoms with Crippen LogP contribution in [0.4, 0.5) is 5.69 Å². The fourth-order valence-corrected chi connectivity index (χ4v) is 5.84. The maximum atomic E-state index is 13.1. The number of anilines is 1. The Morgan fingerprint density at radius 2 is 1.88 bits per heavy atom. The van der Waals surface area contributed by atoms with E-state index in [0.29, 0.717) is 16.7 Å². The van der Waals surface area contributed by atoms with Gasteiger partial charge in [-0.3, -0.25) is 19.2 Å². The van der Waals surface area contributed by atoms with Gasteiger partial charge in [-0.05, 0) is 80.1 Å². The molecule has 0 unspecified atom stereocenters. The van der Waals surface area contributed by atoms with Gasteiger partial charge in [0.05, 0.1) is 29.5 Å². The summed E-state index contributed by atoms with van der Waals surface area (Å²) in [6.07, 6.45) is 6.49. The number of carbonyl (C=O) groups is 4. The highest BCUT2D eigenvalue weighted by molar-refractivity contribution is 5.97. The van der Waals surface area contributed by atoms with Crippen molar-refractivity contribution in [3.05, 3.63) is 75.1 Å². The zero-order chi connectivity index (χ0) is 34.4. The lowest BCUT2D eigenvalue weighted by Crippen LogP contribution is -2.42. The van der Waals surface area contributed by atoms with Crippen LogP contribution in [0.5, 0.6) is 0 Å². The number of aromatic nitrogens is 6. The van der Waals surface area contributed by atoms with E-state index in [0.717, 1.165) is 29.7 Å². The first-order valence-corrected chi connectivity index (χ1v) is 15.2. The zero-order valence-electron chi connectivity index (χ0n) is 25.9. The van der Waals surface area contributed by atoms with Crippen molar-refractivity contribution >= 4 is 40.3 Å². The van der Waals surface area contributed by atoms with Crippen LogP contribution in [0.2, 0.25) is 0 Å². The second-order valence-electron chi connectivity index (χ2n) is 11.4. The number of aliphatic carboxylic acids is 2. The summed E-state index contributed by atoms with van der Waals surface area (Å²) in [4.78, 5) is 70.5. The maximum Gasteiger partial charge on any atom is 0.326 e. The highest BCUT2D eigenvalue weighted by atomic mass is 16.4. The summed E-state index contributed by atoms with van der Waals surface area (Å²) in [6, 6.07) is 8.04. The van der Waals surface area contributed by atoms with Crippen molar-refractivity contribution in [2.24, 2.45) is 0 Å². The third-order valence-electron chi connectivity index (χ3n) is 8.15. The third-order valence-corrected chi connectivity index (χ3v) is 8.15. The Morgan fingerprint density at radius 1 is 1.10 bits per heavy atom. The number of carboxylic acids is 2. The first kappa shape index (κ1) is 33.3. The minimum absolute atomic E-state index is 0.00432. The molecule has 16 nitrogen and oxygen atoms in total. The van der Waals surface area contributed by atoms with E-state index >= 15 is 0 Å². The highest BCUT2D eigenvalue weighted by Crippen LogP contribution is 2.39. The number of aromatic amines is 2. The van der Waals surface area contributed by atoms with Gasteiger partial charge in [-0.15, -0.1) is 16.6 Å². The molecular formula is C32H33N9O7. The molecule has 16 heteroatoms. The van der Waals surface area contributed by atoms with Gasteiger partial charge in [0.1, 0.15) is 11.9 Å². The Labute approximate surface area is 273 Å². The summed E-state index contributed by atoms with van der Waals surface area (Å²) < 4.78 is 0. The first-order chi connectivity index (χ1) is 23.0. The highest BCUT2D eigenvalue weighted by Gasteiger charge is 2.30. The van der Waals surface area contributed by atoms with Crippen LogP contribution in [0, 0.1) is 19.3 Å². The van der Waals surface area contributed by atoms with E-state index in [2.05, 4.69) is 47.1 Å². The largest absolute Gasteiger partial charge is 0.481 e. The number of benzene rings is 2. The van der Waals surface area contributed by atoms with E-state index in [9.17, 15) is 29.1 Å². The molecule has 0 spiro atoms. The maximum absolute atomic E-state index is 13.1. The van der Waals surface area contributed by atoms with Gasteiger partial charge in [0.2, 0.25) is 5.91 Å². The number of aryl methyl sites for hydroxylation is 2. The molecule has 48 heavy (non-hydrogen) atoms. The molecule has 0 saturated heterocycles. The topological polar surface area (TPSA) is 236 Å². The van der Waals surface area contributed by atoms with E-state index in [4.69, 9.17) is 11.5 Å². The van der Waals surface area contributed by atoms with Crippen LogP contribution in [0.25, 0.3) is 10.9 Å². The number of nitrogens with one attached hydrogen (secondary N) is 4. The normalized spacial score (nSPS) is 14.8. The molecule has 0 bridgehead atoms. The average molecular weight is 656 g/mol. The molecule has 6 N–H and O–H groups in total. The fourth-order valence-electron chi connectivity index (χ4n) is 5.84. The van der Waals surface area contributed by atoms with Gasteiger partial charge in [0.15, 0.2) is 5.82 Å². The molecule has 0 aliphatic heterocycles. The number of hydrogen-bond acceptors (Lipinski definition) is 10. The molecular weight excluding hydrogens is 622 g/mol. The molecule has 1 aliphatic rings. The van der Waals surface area contributed by atoms with Gasteiger partial charge in [0.25, 0.3) is 11.5 Å². The van der Waals surface area contributed by atoms with Crippen LogP contribution in [0.15, 0.2) is 41.2 Å². The summed E-state index contributed by atoms with van der Waals surface area (Å²) in [6.45, 7) is 2.00. The molecule has 2 aromatic carbocycles. The van der Waals surface area contributed by atoms with E-state index < -0.39 is 35.8 Å². The van der Waals surface area contributed by atoms with Gasteiger partial charge >= 0.3 is 11.9 Å². The zero-order valence-corrected chi connectivity index (χ0v) is 25.9. The van der Waals surface area contributed by atoms with Gasteiger partial charge in [-0.25, -0.2) is 9.78 Å². The Bertz CT molecular complexity index is 1930. The number of carboxylic acid groups (broad SMARTS) is 2. The Hall–Kier alpha value is -6.11. The van der Waals surface area contributed by atoms with Crippen LogP contribution >= 0.6 is 0 Å². The van der Waals surface area contributed by atoms with Crippen molar-refractivity contribution in [3.63, 3.8) is 0 Å². The van der Waals surface area contributed by atoms with Crippen molar-refractivity contribution in [3.8, 4) is 12.3 Å². The molecule has 1 aliphatic carbocycles. The number of tetrazole rings is 1. The number of terminal acetylenes is 1. The standard InChI is InChI=1S/C32H33N9O7/c1-3-14-41(26-11-6-19-15-25-22(16-21(19)26)31(46)34-17(2)33-25)20-7-4-18(5-8-20)30(45)36-24(32(47)48)9-12-27(42)35-23(10-13-28(43)44)29-37-39-40-38-29/h1,4-5,7-8,15-16,23-24,26H,6,9-14H2,2H3,(H,35,42)(H,36,45)(H,43,44)(H,47,48)(H,33,34,46)(H,37,38,39,40)/t23-,24+,26-/m1/s1. The number of nitrogens with zero attached hydrogens (tertiary/aromatic N) is 5. The van der Waals surface area contributed by atoms with E-state index in [1.54, 1.807) is 31.2 Å². The van der Waals surface area contributed by atoms with Crippen LogP contribution in [0.3, 0.4) is 0 Å². The Kier molecular flexibility index (Phi) is 10.1. The Balaban J connectivity index is 1.24. The van der Waals surface area contributed by atoms with Gasteiger partial charge in [-0.1, -0.05) is 11.1 Å². The van der Waals surface area contributed by atoms with Crippen LogP contribution < -0.4 is 21.1 Å². The number of rotatable bonds is 14. The number of fused-ring (bicyclic) bond motifs is 2. The fraction of sp³-hybridized carbons (Fsp3) is 0.344. The number of amides is 2. The van der Waals surface area contributed by atoms with E-state index in [-0.39, 0.29) is 55.2 Å². The number of hydrogen-bond donors (Lipinski definition) is 6. The van der Waals surface area contributed by atoms with Crippen molar-refractivity contribution in [2.75, 3.05) is 11.4 Å². The lowest BCUT2D eigenvalue weighted by molar-refractivity contribution is -0.140. The monoisotopic (exact) mass is 655 g/mol. The van der Waals surface area contributed by atoms with Gasteiger partial charge < -0.3 is 30.7 Å². The minimum Gasteiger partial charge on any atom is -0.481 e. The predicted molar refractivity (Wildman–Crippen MR) is 171 cm³/mol. The minimum atomic E-state index is -1.38. The molecule has 0 radical (unpaired) electrons. The van der Waals surface area contributed by atoms with Crippen LogP contribution in [0.1, 0.15) is 77.3 Å². The second-order valence-corrected chi connectivity index (χ2v) is 11.4. The molecule has 3 atom stereocenters. The summed E-state index contributed by atoms with van der Waals surface area (Å²) in [7, 11) is 0. The molecule has 2 amide bonds. The third kappa shape index (κ3) is 7.64. The molecule has 2 heterocycles. The summed E-state index contributed by atoms with van der Waals surface area (Å²) in [5, 5.41) is 37.5. The summed E-state index contributed by atoms with van der Waals surface area (Å²) in [5.74, 6) is -0.312. The van der Waals surface area contributed by atoms with Crippen LogP contribution in [-0.4, -0.2) is 77.1 Å². The molecule has 248 valence electrons. The Morgan fingerprint density at radius 3 is 2.54 bits per heavy atom. The smallest absolute Gasteiger partial charge is 0.326 e. The second kappa shape index (κ2) is 14.5. The number of H-pyrrole nitrogens is 2. The molecule has 2 aromatic heterocycles. The van der Waals surface area contributed by atoms with E-state index in [1.807, 2.05) is 17.0 Å². The van der Waals surface area contributed by atoms with Crippen molar-refractivity contribution in [1.29, 1.82) is 0 Å². The number of carbonyl (C=O) groups excluding carboxylic acids is 2. The molecule has 5 rings (SSSR count). The molecule has 4 aromatic rings. The lowest BCUT2D eigenvalue weighted by Gasteiger charge is -2.30. The lowest BCUT2D eigenvalue weighted by atomic mass is 10.0.